The zero-order chi connectivity index (χ0) is 22.4. The maximum absolute atomic E-state index is 13.1. The summed E-state index contributed by atoms with van der Waals surface area (Å²) in [6.07, 6.45) is 0.406. The van der Waals surface area contributed by atoms with Gasteiger partial charge in [-0.25, -0.2) is 8.42 Å². The van der Waals surface area contributed by atoms with Crippen molar-refractivity contribution in [3.63, 3.8) is 0 Å². The van der Waals surface area contributed by atoms with Gasteiger partial charge in [-0.05, 0) is 37.7 Å². The number of benzene rings is 2. The Labute approximate surface area is 182 Å². The standard InChI is InChI=1S/C22H27N3O5S/c1-24(14-21(26)23-17-7-6-10-20(13-17)30-2)15-22(27)25(18-8-4-3-5-9-18)19-11-12-31(28,29)16-19/h3-10,13,19H,11-12,14-16H2,1-2H3,(H,23,26). The second kappa shape index (κ2) is 9.93. The van der Waals surface area contributed by atoms with Gasteiger partial charge < -0.3 is 15.0 Å². The van der Waals surface area contributed by atoms with Crippen LogP contribution in [0, 0.1) is 0 Å². The fourth-order valence-corrected chi connectivity index (χ4v) is 5.34. The molecule has 2 aromatic rings. The van der Waals surface area contributed by atoms with E-state index in [0.29, 0.717) is 23.5 Å². The fraction of sp³-hybridized carbons (Fsp3) is 0.364. The van der Waals surface area contributed by atoms with Crippen molar-refractivity contribution < 1.29 is 22.7 Å². The topological polar surface area (TPSA) is 96.0 Å². The van der Waals surface area contributed by atoms with Crippen LogP contribution in [0.25, 0.3) is 0 Å². The summed E-state index contributed by atoms with van der Waals surface area (Å²) in [5, 5.41) is 2.78. The average Bonchev–Trinajstić information content (AvgIpc) is 3.07. The van der Waals surface area contributed by atoms with E-state index in [4.69, 9.17) is 4.74 Å². The van der Waals surface area contributed by atoms with Crippen LogP contribution in [0.3, 0.4) is 0 Å². The van der Waals surface area contributed by atoms with Gasteiger partial charge >= 0.3 is 0 Å². The van der Waals surface area contributed by atoms with Crippen molar-refractivity contribution in [2.45, 2.75) is 12.5 Å². The minimum absolute atomic E-state index is 0.00848. The van der Waals surface area contributed by atoms with Crippen LogP contribution in [0.4, 0.5) is 11.4 Å². The number of methoxy groups -OCH3 is 1. The molecule has 1 aliphatic heterocycles. The number of hydrogen-bond donors (Lipinski definition) is 1. The lowest BCUT2D eigenvalue weighted by molar-refractivity contribution is -0.121. The lowest BCUT2D eigenvalue weighted by Crippen LogP contribution is -2.47. The van der Waals surface area contributed by atoms with Gasteiger partial charge in [0.1, 0.15) is 5.75 Å². The predicted molar refractivity (Wildman–Crippen MR) is 120 cm³/mol. The van der Waals surface area contributed by atoms with E-state index in [2.05, 4.69) is 5.32 Å². The number of ether oxygens (including phenoxy) is 1. The molecule has 1 heterocycles. The molecular weight excluding hydrogens is 418 g/mol. The van der Waals surface area contributed by atoms with Crippen LogP contribution in [-0.2, 0) is 19.4 Å². The van der Waals surface area contributed by atoms with Gasteiger partial charge in [-0.3, -0.25) is 14.5 Å². The summed E-state index contributed by atoms with van der Waals surface area (Å²) in [6, 6.07) is 15.7. The average molecular weight is 446 g/mol. The summed E-state index contributed by atoms with van der Waals surface area (Å²) in [7, 11) is 0.0765. The molecule has 2 aromatic carbocycles. The molecule has 1 unspecified atom stereocenters. The molecule has 1 aliphatic rings. The molecule has 0 radical (unpaired) electrons. The zero-order valence-electron chi connectivity index (χ0n) is 17.7. The summed E-state index contributed by atoms with van der Waals surface area (Å²) < 4.78 is 29.1. The molecule has 1 fully saturated rings. The first-order valence-electron chi connectivity index (χ1n) is 9.97. The number of likely N-dealkylation sites (N-methyl/N-ethyl adjacent to an activating group) is 1. The maximum Gasteiger partial charge on any atom is 0.241 e. The van der Waals surface area contributed by atoms with Crippen LogP contribution < -0.4 is 15.0 Å². The number of nitrogens with one attached hydrogen (secondary N) is 1. The number of rotatable bonds is 8. The second-order valence-corrected chi connectivity index (χ2v) is 9.84. The largest absolute Gasteiger partial charge is 0.497 e. The summed E-state index contributed by atoms with van der Waals surface area (Å²) in [4.78, 5) is 28.7. The highest BCUT2D eigenvalue weighted by Gasteiger charge is 2.35. The van der Waals surface area contributed by atoms with Crippen molar-refractivity contribution in [3.05, 3.63) is 54.6 Å². The van der Waals surface area contributed by atoms with Gasteiger partial charge in [0.15, 0.2) is 9.84 Å². The fourth-order valence-electron chi connectivity index (χ4n) is 3.64. The van der Waals surface area contributed by atoms with Crippen LogP contribution in [0.5, 0.6) is 5.75 Å². The lowest BCUT2D eigenvalue weighted by Gasteiger charge is -2.30. The molecule has 166 valence electrons. The SMILES string of the molecule is COc1cccc(NC(=O)CN(C)CC(=O)N(c2ccccc2)C2CCS(=O)(=O)C2)c1. The summed E-state index contributed by atoms with van der Waals surface area (Å²) in [5.41, 5.74) is 1.26. The Morgan fingerprint density at radius 2 is 1.84 bits per heavy atom. The molecule has 9 heteroatoms. The first-order chi connectivity index (χ1) is 14.8. The monoisotopic (exact) mass is 445 g/mol. The number of nitrogens with zero attached hydrogens (tertiary/aromatic N) is 2. The van der Waals surface area contributed by atoms with E-state index >= 15 is 0 Å². The highest BCUT2D eigenvalue weighted by atomic mass is 32.2. The Hall–Kier alpha value is -2.91. The van der Waals surface area contributed by atoms with Crippen molar-refractivity contribution in [2.24, 2.45) is 0 Å². The molecule has 0 aromatic heterocycles. The molecule has 1 N–H and O–H groups in total. The Morgan fingerprint density at radius 1 is 1.10 bits per heavy atom. The summed E-state index contributed by atoms with van der Waals surface area (Å²) in [6.45, 7) is -0.00842. The van der Waals surface area contributed by atoms with Crippen LogP contribution in [0.2, 0.25) is 0 Å². The maximum atomic E-state index is 13.1. The van der Waals surface area contributed by atoms with E-state index in [0.717, 1.165) is 0 Å². The predicted octanol–water partition coefficient (Wildman–Crippen LogP) is 1.79. The summed E-state index contributed by atoms with van der Waals surface area (Å²) in [5.74, 6) is 0.149. The molecule has 1 atom stereocenters. The zero-order valence-corrected chi connectivity index (χ0v) is 18.5. The van der Waals surface area contributed by atoms with E-state index in [9.17, 15) is 18.0 Å². The molecule has 31 heavy (non-hydrogen) atoms. The molecule has 8 nitrogen and oxygen atoms in total. The number of carbonyl (C=O) groups is 2. The second-order valence-electron chi connectivity index (χ2n) is 7.61. The van der Waals surface area contributed by atoms with Crippen LogP contribution in [0.15, 0.2) is 54.6 Å². The number of carbonyl (C=O) groups excluding carboxylic acids is 2. The normalized spacial score (nSPS) is 17.3. The van der Waals surface area contributed by atoms with Crippen molar-refractivity contribution in [1.82, 2.24) is 4.90 Å². The Morgan fingerprint density at radius 3 is 2.48 bits per heavy atom. The van der Waals surface area contributed by atoms with Gasteiger partial charge in [-0.1, -0.05) is 24.3 Å². The minimum Gasteiger partial charge on any atom is -0.497 e. The molecule has 0 spiro atoms. The van der Waals surface area contributed by atoms with Crippen molar-refractivity contribution >= 4 is 33.0 Å². The van der Waals surface area contributed by atoms with Gasteiger partial charge in [-0.15, -0.1) is 0 Å². The highest BCUT2D eigenvalue weighted by Crippen LogP contribution is 2.24. The third kappa shape index (κ3) is 6.28. The number of hydrogen-bond acceptors (Lipinski definition) is 6. The third-order valence-electron chi connectivity index (χ3n) is 5.05. The molecule has 0 saturated carbocycles. The number of sulfone groups is 1. The molecule has 1 saturated heterocycles. The van der Waals surface area contributed by atoms with Crippen molar-refractivity contribution in [2.75, 3.05) is 49.0 Å². The van der Waals surface area contributed by atoms with Crippen molar-refractivity contribution in [3.8, 4) is 5.75 Å². The van der Waals surface area contributed by atoms with Gasteiger partial charge in [0.05, 0.1) is 37.7 Å². The van der Waals surface area contributed by atoms with Gasteiger partial charge in [0.25, 0.3) is 0 Å². The first-order valence-corrected chi connectivity index (χ1v) is 11.8. The van der Waals surface area contributed by atoms with E-state index < -0.39 is 15.9 Å². The van der Waals surface area contributed by atoms with Gasteiger partial charge in [0, 0.05) is 17.4 Å². The Balaban J connectivity index is 1.64. The lowest BCUT2D eigenvalue weighted by atomic mass is 10.1. The van der Waals surface area contributed by atoms with Crippen molar-refractivity contribution in [1.29, 1.82) is 0 Å². The Kier molecular flexibility index (Phi) is 7.29. The Bertz CT molecular complexity index is 1030. The van der Waals surface area contributed by atoms with Crippen LogP contribution in [0.1, 0.15) is 6.42 Å². The highest BCUT2D eigenvalue weighted by molar-refractivity contribution is 7.91. The number of amides is 2. The third-order valence-corrected chi connectivity index (χ3v) is 6.80. The van der Waals surface area contributed by atoms with E-state index in [-0.39, 0.29) is 36.4 Å². The van der Waals surface area contributed by atoms with Gasteiger partial charge in [0.2, 0.25) is 11.8 Å². The quantitative estimate of drug-likeness (QED) is 0.666. The van der Waals surface area contributed by atoms with Crippen LogP contribution >= 0.6 is 0 Å². The molecule has 0 aliphatic carbocycles. The molecule has 3 rings (SSSR count). The number of anilines is 2. The molecule has 0 bridgehead atoms. The van der Waals surface area contributed by atoms with Crippen LogP contribution in [-0.4, -0.2) is 69.9 Å². The first kappa shape index (κ1) is 22.8. The smallest absolute Gasteiger partial charge is 0.241 e. The molecular formula is C22H27N3O5S. The van der Waals surface area contributed by atoms with E-state index in [1.165, 1.54) is 0 Å². The van der Waals surface area contributed by atoms with Gasteiger partial charge in [-0.2, -0.15) is 0 Å². The van der Waals surface area contributed by atoms with E-state index in [1.807, 2.05) is 18.2 Å². The molecule has 2 amide bonds. The summed E-state index contributed by atoms with van der Waals surface area (Å²) >= 11 is 0. The van der Waals surface area contributed by atoms with E-state index in [1.54, 1.807) is 60.4 Å². The minimum atomic E-state index is -3.15. The number of para-hydroxylation sites is 1.